The molecule has 4 nitrogen and oxygen atoms in total. The van der Waals surface area contributed by atoms with Crippen LogP contribution in [-0.4, -0.2) is 56.0 Å². The molecule has 0 aliphatic heterocycles. The van der Waals surface area contributed by atoms with E-state index < -0.39 is 6.10 Å². The second kappa shape index (κ2) is 6.37. The number of nitrogens with zero attached hydrogens (tertiary/aromatic N) is 1. The van der Waals surface area contributed by atoms with Crippen molar-refractivity contribution in [2.45, 2.75) is 19.1 Å². The standard InChI is InChI=1S/C8H20N2O2/c1-7(4-9)10(2)5-8(11)6-12-3/h7-8,11H,4-6,9H2,1-3H3. The van der Waals surface area contributed by atoms with Crippen molar-refractivity contribution in [1.82, 2.24) is 4.90 Å². The summed E-state index contributed by atoms with van der Waals surface area (Å²) in [5.41, 5.74) is 5.47. The summed E-state index contributed by atoms with van der Waals surface area (Å²) in [5.74, 6) is 0. The van der Waals surface area contributed by atoms with Crippen LogP contribution in [0.3, 0.4) is 0 Å². The first kappa shape index (κ1) is 11.8. The Kier molecular flexibility index (Phi) is 6.28. The van der Waals surface area contributed by atoms with E-state index in [0.717, 1.165) is 0 Å². The topological polar surface area (TPSA) is 58.7 Å². The van der Waals surface area contributed by atoms with Crippen LogP contribution in [0.15, 0.2) is 0 Å². The molecule has 0 saturated heterocycles. The highest BCUT2D eigenvalue weighted by atomic mass is 16.5. The van der Waals surface area contributed by atoms with Gasteiger partial charge in [-0.25, -0.2) is 0 Å². The third-order valence-electron chi connectivity index (χ3n) is 1.95. The van der Waals surface area contributed by atoms with Crippen molar-refractivity contribution in [3.05, 3.63) is 0 Å². The molecule has 2 atom stereocenters. The molecule has 74 valence electrons. The van der Waals surface area contributed by atoms with Crippen molar-refractivity contribution < 1.29 is 9.84 Å². The Labute approximate surface area is 74.3 Å². The lowest BCUT2D eigenvalue weighted by molar-refractivity contribution is 0.0366. The molecule has 4 heteroatoms. The number of hydrogen-bond acceptors (Lipinski definition) is 4. The highest BCUT2D eigenvalue weighted by Crippen LogP contribution is 1.95. The van der Waals surface area contributed by atoms with Gasteiger partial charge >= 0.3 is 0 Å². The maximum atomic E-state index is 9.36. The van der Waals surface area contributed by atoms with Crippen molar-refractivity contribution in [1.29, 1.82) is 0 Å². The summed E-state index contributed by atoms with van der Waals surface area (Å²) in [7, 11) is 3.52. The number of rotatable bonds is 6. The minimum Gasteiger partial charge on any atom is -0.389 e. The molecule has 0 aromatic rings. The monoisotopic (exact) mass is 176 g/mol. The van der Waals surface area contributed by atoms with Gasteiger partial charge in [-0.2, -0.15) is 0 Å². The average Bonchev–Trinajstić information content (AvgIpc) is 2.03. The summed E-state index contributed by atoms with van der Waals surface area (Å²) in [6.07, 6.45) is -0.422. The molecule has 0 aromatic carbocycles. The Morgan fingerprint density at radius 2 is 2.17 bits per heavy atom. The van der Waals surface area contributed by atoms with Gasteiger partial charge < -0.3 is 15.6 Å². The van der Waals surface area contributed by atoms with Crippen LogP contribution in [-0.2, 0) is 4.74 Å². The molecule has 0 aliphatic rings. The molecule has 12 heavy (non-hydrogen) atoms. The van der Waals surface area contributed by atoms with Crippen molar-refractivity contribution in [3.63, 3.8) is 0 Å². The van der Waals surface area contributed by atoms with Gasteiger partial charge in [-0.15, -0.1) is 0 Å². The molecule has 0 aromatic heterocycles. The zero-order chi connectivity index (χ0) is 9.56. The zero-order valence-electron chi connectivity index (χ0n) is 8.16. The molecule has 0 aliphatic carbocycles. The number of nitrogens with two attached hydrogens (primary N) is 1. The average molecular weight is 176 g/mol. The Hall–Kier alpha value is -0.160. The highest BCUT2D eigenvalue weighted by Gasteiger charge is 2.11. The Balaban J connectivity index is 3.59. The molecule has 0 bridgehead atoms. The van der Waals surface area contributed by atoms with E-state index in [2.05, 4.69) is 0 Å². The molecule has 0 amide bonds. The second-order valence-electron chi connectivity index (χ2n) is 3.13. The highest BCUT2D eigenvalue weighted by molar-refractivity contribution is 4.67. The van der Waals surface area contributed by atoms with Gasteiger partial charge in [0, 0.05) is 26.2 Å². The number of ether oxygens (including phenoxy) is 1. The molecular formula is C8H20N2O2. The van der Waals surface area contributed by atoms with Gasteiger partial charge in [-0.05, 0) is 14.0 Å². The van der Waals surface area contributed by atoms with Gasteiger partial charge in [-0.1, -0.05) is 0 Å². The van der Waals surface area contributed by atoms with E-state index in [9.17, 15) is 5.11 Å². The maximum absolute atomic E-state index is 9.36. The minimum absolute atomic E-state index is 0.302. The van der Waals surface area contributed by atoms with Gasteiger partial charge in [-0.3, -0.25) is 4.90 Å². The molecular weight excluding hydrogens is 156 g/mol. The minimum atomic E-state index is -0.422. The Morgan fingerprint density at radius 3 is 2.58 bits per heavy atom. The molecule has 0 heterocycles. The van der Waals surface area contributed by atoms with Crippen molar-refractivity contribution in [3.8, 4) is 0 Å². The van der Waals surface area contributed by atoms with Crippen molar-refractivity contribution >= 4 is 0 Å². The summed E-state index contributed by atoms with van der Waals surface area (Å²) in [4.78, 5) is 2.02. The zero-order valence-corrected chi connectivity index (χ0v) is 8.16. The van der Waals surface area contributed by atoms with Gasteiger partial charge in [0.2, 0.25) is 0 Å². The van der Waals surface area contributed by atoms with E-state index in [1.165, 1.54) is 0 Å². The number of methoxy groups -OCH3 is 1. The number of aliphatic hydroxyl groups is 1. The van der Waals surface area contributed by atoms with Crippen LogP contribution in [0.5, 0.6) is 0 Å². The molecule has 0 rings (SSSR count). The van der Waals surface area contributed by atoms with Gasteiger partial charge in [0.25, 0.3) is 0 Å². The van der Waals surface area contributed by atoms with Crippen molar-refractivity contribution in [2.24, 2.45) is 5.73 Å². The van der Waals surface area contributed by atoms with Crippen molar-refractivity contribution in [2.75, 3.05) is 33.9 Å². The molecule has 0 fully saturated rings. The van der Waals surface area contributed by atoms with Gasteiger partial charge in [0.15, 0.2) is 0 Å². The second-order valence-corrected chi connectivity index (χ2v) is 3.13. The summed E-state index contributed by atoms with van der Waals surface area (Å²) in [6.45, 7) is 3.61. The smallest absolute Gasteiger partial charge is 0.0900 e. The van der Waals surface area contributed by atoms with E-state index in [1.807, 2.05) is 18.9 Å². The molecule has 0 saturated carbocycles. The fourth-order valence-corrected chi connectivity index (χ4v) is 0.937. The van der Waals surface area contributed by atoms with Crippen LogP contribution in [0.2, 0.25) is 0 Å². The molecule has 0 radical (unpaired) electrons. The van der Waals surface area contributed by atoms with E-state index in [4.69, 9.17) is 10.5 Å². The molecule has 0 spiro atoms. The normalized spacial score (nSPS) is 16.5. The summed E-state index contributed by atoms with van der Waals surface area (Å²) in [5, 5.41) is 9.36. The number of likely N-dealkylation sites (N-methyl/N-ethyl adjacent to an activating group) is 1. The summed E-state index contributed by atoms with van der Waals surface area (Å²) < 4.78 is 4.81. The van der Waals surface area contributed by atoms with Gasteiger partial charge in [0.05, 0.1) is 12.7 Å². The largest absolute Gasteiger partial charge is 0.389 e. The third-order valence-corrected chi connectivity index (χ3v) is 1.95. The SMILES string of the molecule is COCC(O)CN(C)C(C)CN. The van der Waals surface area contributed by atoms with Crippen LogP contribution in [0.4, 0.5) is 0 Å². The predicted octanol–water partition coefficient (Wildman–Crippen LogP) is -0.727. The first-order chi connectivity index (χ1) is 5.61. The maximum Gasteiger partial charge on any atom is 0.0900 e. The van der Waals surface area contributed by atoms with E-state index >= 15 is 0 Å². The van der Waals surface area contributed by atoms with Crippen LogP contribution < -0.4 is 5.73 Å². The first-order valence-corrected chi connectivity index (χ1v) is 4.19. The summed E-state index contributed by atoms with van der Waals surface area (Å²) in [6, 6.07) is 0.302. The van der Waals surface area contributed by atoms with Crippen LogP contribution >= 0.6 is 0 Å². The van der Waals surface area contributed by atoms with Crippen LogP contribution in [0, 0.1) is 0 Å². The van der Waals surface area contributed by atoms with E-state index in [0.29, 0.717) is 25.7 Å². The lowest BCUT2D eigenvalue weighted by Gasteiger charge is -2.25. The Morgan fingerprint density at radius 1 is 1.58 bits per heavy atom. The molecule has 2 unspecified atom stereocenters. The lowest BCUT2D eigenvalue weighted by atomic mass is 10.2. The summed E-state index contributed by atoms with van der Waals surface area (Å²) >= 11 is 0. The van der Waals surface area contributed by atoms with E-state index in [1.54, 1.807) is 7.11 Å². The van der Waals surface area contributed by atoms with Gasteiger partial charge in [0.1, 0.15) is 0 Å². The number of hydrogen-bond donors (Lipinski definition) is 2. The van der Waals surface area contributed by atoms with Crippen LogP contribution in [0.25, 0.3) is 0 Å². The number of aliphatic hydroxyl groups excluding tert-OH is 1. The fourth-order valence-electron chi connectivity index (χ4n) is 0.937. The fraction of sp³-hybridized carbons (Fsp3) is 1.00. The van der Waals surface area contributed by atoms with Crippen LogP contribution in [0.1, 0.15) is 6.92 Å². The Bertz CT molecular complexity index is 111. The first-order valence-electron chi connectivity index (χ1n) is 4.19. The van der Waals surface area contributed by atoms with E-state index in [-0.39, 0.29) is 0 Å². The molecule has 3 N–H and O–H groups in total. The quantitative estimate of drug-likeness (QED) is 0.560. The lowest BCUT2D eigenvalue weighted by Crippen LogP contribution is -2.41. The third kappa shape index (κ3) is 4.66. The predicted molar refractivity (Wildman–Crippen MR) is 49.0 cm³/mol.